The number of nitrogens with zero attached hydrogens (tertiary/aromatic N) is 2. The number of hydrogen-bond donors (Lipinski definition) is 2. The Kier molecular flexibility index (Phi) is 8.65. The summed E-state index contributed by atoms with van der Waals surface area (Å²) in [5.41, 5.74) is 1.34. The van der Waals surface area contributed by atoms with Gasteiger partial charge in [0.2, 0.25) is 11.8 Å². The number of alkyl halides is 3. The SMILES string of the molecule is CCC(c1cccc(NC2=CC(=O)N(C3CCC(=O)NC3=O)C2=O)c1)N(C)CCc1ccc(C(F)(F)F)c(Cl)c1. The van der Waals surface area contributed by atoms with E-state index in [1.54, 1.807) is 6.07 Å². The third-order valence-corrected chi connectivity index (χ3v) is 7.35. The third kappa shape index (κ3) is 6.37. The molecule has 0 aliphatic carbocycles. The highest BCUT2D eigenvalue weighted by atomic mass is 35.5. The molecular weight excluding hydrogens is 549 g/mol. The summed E-state index contributed by atoms with van der Waals surface area (Å²) in [5, 5.41) is 4.81. The van der Waals surface area contributed by atoms with Gasteiger partial charge in [-0.3, -0.25) is 34.3 Å². The summed E-state index contributed by atoms with van der Waals surface area (Å²) in [4.78, 5) is 52.1. The van der Waals surface area contributed by atoms with E-state index in [-0.39, 0.29) is 29.6 Å². The molecule has 2 aromatic carbocycles. The first-order valence-corrected chi connectivity index (χ1v) is 13.1. The smallest absolute Gasteiger partial charge is 0.351 e. The molecule has 40 heavy (non-hydrogen) atoms. The summed E-state index contributed by atoms with van der Waals surface area (Å²) in [5.74, 6) is -2.40. The van der Waals surface area contributed by atoms with Crippen LogP contribution in [0.3, 0.4) is 0 Å². The normalized spacial score (nSPS) is 18.7. The maximum Gasteiger partial charge on any atom is 0.417 e. The van der Waals surface area contributed by atoms with Gasteiger partial charge in [-0.15, -0.1) is 0 Å². The van der Waals surface area contributed by atoms with Crippen molar-refractivity contribution in [3.05, 3.63) is 76.0 Å². The van der Waals surface area contributed by atoms with E-state index in [1.807, 2.05) is 32.2 Å². The fourth-order valence-electron chi connectivity index (χ4n) is 4.98. The summed E-state index contributed by atoms with van der Waals surface area (Å²) < 4.78 is 39.0. The summed E-state index contributed by atoms with van der Waals surface area (Å²) in [6.45, 7) is 2.56. The van der Waals surface area contributed by atoms with Crippen molar-refractivity contribution < 1.29 is 32.3 Å². The van der Waals surface area contributed by atoms with Crippen molar-refractivity contribution >= 4 is 40.9 Å². The second-order valence-corrected chi connectivity index (χ2v) is 10.2. The van der Waals surface area contributed by atoms with Gasteiger partial charge < -0.3 is 5.32 Å². The largest absolute Gasteiger partial charge is 0.417 e. The van der Waals surface area contributed by atoms with Crippen molar-refractivity contribution in [1.29, 1.82) is 0 Å². The maximum absolute atomic E-state index is 13.0. The quantitative estimate of drug-likeness (QED) is 0.428. The second-order valence-electron chi connectivity index (χ2n) is 9.76. The molecule has 212 valence electrons. The Morgan fingerprint density at radius 1 is 1.15 bits per heavy atom. The average Bonchev–Trinajstić information content (AvgIpc) is 3.15. The summed E-state index contributed by atoms with van der Waals surface area (Å²) in [7, 11) is 1.92. The molecule has 2 aliphatic heterocycles. The first kappa shape index (κ1) is 29.3. The Bertz CT molecular complexity index is 1380. The number of piperidine rings is 1. The molecule has 2 atom stereocenters. The molecular formula is C28H28ClF3N4O4. The number of benzene rings is 2. The molecule has 12 heteroatoms. The molecule has 0 spiro atoms. The van der Waals surface area contributed by atoms with Crippen molar-refractivity contribution in [2.45, 2.75) is 50.9 Å². The van der Waals surface area contributed by atoms with Crippen LogP contribution < -0.4 is 10.6 Å². The molecule has 2 heterocycles. The van der Waals surface area contributed by atoms with Crippen LogP contribution in [0.1, 0.15) is 48.9 Å². The van der Waals surface area contributed by atoms with Crippen LogP contribution in [0.15, 0.2) is 54.2 Å². The minimum Gasteiger partial charge on any atom is -0.351 e. The van der Waals surface area contributed by atoms with E-state index in [9.17, 15) is 32.3 Å². The minimum absolute atomic E-state index is 0.0208. The van der Waals surface area contributed by atoms with E-state index in [1.165, 1.54) is 12.1 Å². The number of amides is 4. The highest BCUT2D eigenvalue weighted by Crippen LogP contribution is 2.35. The lowest BCUT2D eigenvalue weighted by molar-refractivity contribution is -0.149. The number of anilines is 1. The van der Waals surface area contributed by atoms with E-state index < -0.39 is 41.4 Å². The Labute approximate surface area is 234 Å². The maximum atomic E-state index is 13.0. The Morgan fingerprint density at radius 2 is 1.90 bits per heavy atom. The summed E-state index contributed by atoms with van der Waals surface area (Å²) in [6.07, 6.45) is -2.04. The van der Waals surface area contributed by atoms with Crippen molar-refractivity contribution in [2.75, 3.05) is 18.9 Å². The van der Waals surface area contributed by atoms with Gasteiger partial charge in [-0.2, -0.15) is 13.2 Å². The van der Waals surface area contributed by atoms with Crippen molar-refractivity contribution in [3.63, 3.8) is 0 Å². The molecule has 2 aliphatic rings. The standard InChI is InChI=1S/C28H28ClF3N4O4/c1-3-22(35(2)12-11-16-7-8-19(20(29)13-16)28(30,31)32)17-5-4-6-18(14-17)33-21-15-25(38)36(27(21)40)23-9-10-24(37)34-26(23)39/h4-8,13-15,22-23,33H,3,9-12H2,1-2H3,(H,34,37,39). The molecule has 2 aromatic rings. The molecule has 2 unspecified atom stereocenters. The lowest BCUT2D eigenvalue weighted by atomic mass is 10.0. The van der Waals surface area contributed by atoms with Gasteiger partial charge in [0.25, 0.3) is 11.8 Å². The zero-order valence-electron chi connectivity index (χ0n) is 21.8. The van der Waals surface area contributed by atoms with Crippen LogP contribution in [-0.2, 0) is 31.8 Å². The van der Waals surface area contributed by atoms with Crippen LogP contribution in [0.4, 0.5) is 18.9 Å². The number of halogens is 4. The van der Waals surface area contributed by atoms with Gasteiger partial charge in [0.05, 0.1) is 10.6 Å². The van der Waals surface area contributed by atoms with E-state index in [4.69, 9.17) is 11.6 Å². The minimum atomic E-state index is -4.51. The average molecular weight is 577 g/mol. The predicted molar refractivity (Wildman–Crippen MR) is 142 cm³/mol. The predicted octanol–water partition coefficient (Wildman–Crippen LogP) is 4.45. The molecule has 4 amide bonds. The van der Waals surface area contributed by atoms with Crippen LogP contribution in [0.25, 0.3) is 0 Å². The molecule has 0 saturated carbocycles. The summed E-state index contributed by atoms with van der Waals surface area (Å²) in [6, 6.07) is 10.0. The highest BCUT2D eigenvalue weighted by molar-refractivity contribution is 6.31. The fourth-order valence-corrected chi connectivity index (χ4v) is 5.29. The Hall–Kier alpha value is -3.70. The van der Waals surface area contributed by atoms with Crippen LogP contribution in [0.5, 0.6) is 0 Å². The van der Waals surface area contributed by atoms with Crippen LogP contribution in [0, 0.1) is 0 Å². The van der Waals surface area contributed by atoms with Crippen molar-refractivity contribution in [3.8, 4) is 0 Å². The fraction of sp³-hybridized carbons (Fsp3) is 0.357. The van der Waals surface area contributed by atoms with Gasteiger partial charge in [0, 0.05) is 30.8 Å². The second kappa shape index (κ2) is 11.8. The lowest BCUT2D eigenvalue weighted by Crippen LogP contribution is -2.54. The molecule has 1 fully saturated rings. The molecule has 8 nitrogen and oxygen atoms in total. The number of imide groups is 2. The molecule has 4 rings (SSSR count). The van der Waals surface area contributed by atoms with Gasteiger partial charge in [0.1, 0.15) is 11.7 Å². The monoisotopic (exact) mass is 576 g/mol. The topological polar surface area (TPSA) is 98.8 Å². The zero-order valence-corrected chi connectivity index (χ0v) is 22.6. The number of carbonyl (C=O) groups is 4. The van der Waals surface area contributed by atoms with E-state index >= 15 is 0 Å². The van der Waals surface area contributed by atoms with Crippen molar-refractivity contribution in [1.82, 2.24) is 15.1 Å². The molecule has 0 aromatic heterocycles. The van der Waals surface area contributed by atoms with Gasteiger partial charge in [-0.25, -0.2) is 0 Å². The highest BCUT2D eigenvalue weighted by Gasteiger charge is 2.42. The zero-order chi connectivity index (χ0) is 29.2. The van der Waals surface area contributed by atoms with Gasteiger partial charge in [0.15, 0.2) is 0 Å². The van der Waals surface area contributed by atoms with Gasteiger partial charge in [-0.05, 0) is 61.7 Å². The third-order valence-electron chi connectivity index (χ3n) is 7.04. The Balaban J connectivity index is 1.42. The van der Waals surface area contributed by atoms with E-state index in [0.717, 1.165) is 29.0 Å². The van der Waals surface area contributed by atoms with Gasteiger partial charge in [-0.1, -0.05) is 36.7 Å². The lowest BCUT2D eigenvalue weighted by Gasteiger charge is -2.28. The first-order chi connectivity index (χ1) is 18.9. The summed E-state index contributed by atoms with van der Waals surface area (Å²) >= 11 is 5.86. The number of likely N-dealkylation sites (N-methyl/N-ethyl adjacent to an activating group) is 1. The van der Waals surface area contributed by atoms with Crippen LogP contribution in [-0.4, -0.2) is 53.1 Å². The van der Waals surface area contributed by atoms with Crippen LogP contribution >= 0.6 is 11.6 Å². The molecule has 1 saturated heterocycles. The number of rotatable bonds is 9. The van der Waals surface area contributed by atoms with E-state index in [0.29, 0.717) is 24.2 Å². The number of carbonyl (C=O) groups excluding carboxylic acids is 4. The van der Waals surface area contributed by atoms with Crippen LogP contribution in [0.2, 0.25) is 5.02 Å². The number of hydrogen-bond acceptors (Lipinski definition) is 6. The first-order valence-electron chi connectivity index (χ1n) is 12.7. The molecule has 2 N–H and O–H groups in total. The number of nitrogens with one attached hydrogen (secondary N) is 2. The van der Waals surface area contributed by atoms with Crippen molar-refractivity contribution in [2.24, 2.45) is 0 Å². The Morgan fingerprint density at radius 3 is 2.55 bits per heavy atom. The van der Waals surface area contributed by atoms with E-state index in [2.05, 4.69) is 15.5 Å². The molecule has 0 bridgehead atoms. The van der Waals surface area contributed by atoms with Gasteiger partial charge >= 0.3 is 6.18 Å². The molecule has 0 radical (unpaired) electrons.